The van der Waals surface area contributed by atoms with Crippen LogP contribution >= 0.6 is 0 Å². The third kappa shape index (κ3) is 5.53. The number of amides is 1. The molecule has 34 heavy (non-hydrogen) atoms. The minimum Gasteiger partial charge on any atom is -0.399 e. The summed E-state index contributed by atoms with van der Waals surface area (Å²) >= 11 is 0. The van der Waals surface area contributed by atoms with Crippen molar-refractivity contribution in [1.29, 1.82) is 0 Å². The lowest BCUT2D eigenvalue weighted by Gasteiger charge is -2.22. The number of nitrogen functional groups attached to an aromatic ring is 1. The maximum atomic E-state index is 13.4. The summed E-state index contributed by atoms with van der Waals surface area (Å²) in [5.74, 6) is 0.195. The molecular weight excluding hydrogens is 424 g/mol. The Labute approximate surface area is 200 Å². The third-order valence-corrected chi connectivity index (χ3v) is 5.64. The van der Waals surface area contributed by atoms with Crippen LogP contribution in [0.3, 0.4) is 0 Å². The molecule has 0 aliphatic carbocycles. The fraction of sp³-hybridized carbons (Fsp3) is 0.214. The first kappa shape index (κ1) is 23.3. The summed E-state index contributed by atoms with van der Waals surface area (Å²) in [6.07, 6.45) is 2.90. The van der Waals surface area contributed by atoms with Crippen molar-refractivity contribution >= 4 is 29.2 Å². The molecule has 0 saturated carbocycles. The van der Waals surface area contributed by atoms with Gasteiger partial charge >= 0.3 is 0 Å². The molecule has 1 aliphatic heterocycles. The van der Waals surface area contributed by atoms with E-state index in [0.717, 1.165) is 34.4 Å². The van der Waals surface area contributed by atoms with E-state index in [-0.39, 0.29) is 18.9 Å². The lowest BCUT2D eigenvalue weighted by molar-refractivity contribution is -0.187. The van der Waals surface area contributed by atoms with Gasteiger partial charge in [0, 0.05) is 29.8 Å². The average molecular weight is 455 g/mol. The minimum absolute atomic E-state index is 0.203. The second-order valence-electron chi connectivity index (χ2n) is 8.51. The van der Waals surface area contributed by atoms with Crippen LogP contribution in [0.4, 0.5) is 11.4 Å². The van der Waals surface area contributed by atoms with Gasteiger partial charge in [-0.2, -0.15) is 0 Å². The number of carbonyl (C=O) groups is 1. The number of aryl methyl sites for hydroxylation is 1. The van der Waals surface area contributed by atoms with Gasteiger partial charge in [0.05, 0.1) is 5.69 Å². The molecule has 1 amide bonds. The predicted molar refractivity (Wildman–Crippen MR) is 138 cm³/mol. The molecule has 0 saturated heterocycles. The number of anilines is 1. The predicted octanol–water partition coefficient (Wildman–Crippen LogP) is 5.39. The van der Waals surface area contributed by atoms with Crippen molar-refractivity contribution in [3.8, 4) is 11.1 Å². The van der Waals surface area contributed by atoms with E-state index in [1.807, 2.05) is 61.5 Å². The zero-order chi connectivity index (χ0) is 24.1. The number of rotatable bonds is 7. The van der Waals surface area contributed by atoms with Crippen molar-refractivity contribution in [2.24, 2.45) is 10.7 Å². The zero-order valence-electron chi connectivity index (χ0n) is 19.6. The van der Waals surface area contributed by atoms with Gasteiger partial charge in [-0.05, 0) is 54.3 Å². The molecular formula is C28H30N4O2. The topological polar surface area (TPSA) is 93.9 Å². The SMILES string of the molecule is CCCN(OCc1ccc(N)cc1)C(=O)C1=Cc2ccc(-c3cccc(C)c3)cc2N=C(N)C1. The van der Waals surface area contributed by atoms with Crippen LogP contribution < -0.4 is 11.5 Å². The van der Waals surface area contributed by atoms with E-state index >= 15 is 0 Å². The number of fused-ring (bicyclic) bond motifs is 1. The first-order chi connectivity index (χ1) is 16.4. The Morgan fingerprint density at radius 3 is 2.53 bits per heavy atom. The van der Waals surface area contributed by atoms with Crippen molar-refractivity contribution in [2.75, 3.05) is 12.3 Å². The molecule has 0 aromatic heterocycles. The second kappa shape index (κ2) is 10.4. The Hall–Kier alpha value is -3.90. The number of hydroxylamine groups is 2. The van der Waals surface area contributed by atoms with Crippen molar-refractivity contribution in [1.82, 2.24) is 5.06 Å². The molecule has 0 radical (unpaired) electrons. The van der Waals surface area contributed by atoms with Gasteiger partial charge < -0.3 is 11.5 Å². The average Bonchev–Trinajstić information content (AvgIpc) is 2.99. The van der Waals surface area contributed by atoms with E-state index < -0.39 is 0 Å². The monoisotopic (exact) mass is 454 g/mol. The first-order valence-corrected chi connectivity index (χ1v) is 11.5. The summed E-state index contributed by atoms with van der Waals surface area (Å²) in [5, 5.41) is 1.42. The molecule has 0 bridgehead atoms. The van der Waals surface area contributed by atoms with Gasteiger partial charge in [0.2, 0.25) is 0 Å². The van der Waals surface area contributed by atoms with E-state index in [9.17, 15) is 4.79 Å². The summed E-state index contributed by atoms with van der Waals surface area (Å²) in [7, 11) is 0. The molecule has 6 nitrogen and oxygen atoms in total. The molecule has 3 aromatic rings. The van der Waals surface area contributed by atoms with E-state index in [2.05, 4.69) is 30.1 Å². The minimum atomic E-state index is -0.203. The van der Waals surface area contributed by atoms with Gasteiger partial charge in [-0.3, -0.25) is 9.63 Å². The highest BCUT2D eigenvalue weighted by Gasteiger charge is 2.22. The summed E-state index contributed by atoms with van der Waals surface area (Å²) in [5.41, 5.74) is 19.1. The van der Waals surface area contributed by atoms with Gasteiger partial charge in [-0.15, -0.1) is 0 Å². The zero-order valence-corrected chi connectivity index (χ0v) is 19.6. The van der Waals surface area contributed by atoms with E-state index in [1.165, 1.54) is 10.6 Å². The Morgan fingerprint density at radius 1 is 1.03 bits per heavy atom. The second-order valence-corrected chi connectivity index (χ2v) is 8.51. The molecule has 1 aliphatic rings. The summed E-state index contributed by atoms with van der Waals surface area (Å²) < 4.78 is 0. The number of aliphatic imine (C=N–C) groups is 1. The summed E-state index contributed by atoms with van der Waals surface area (Å²) in [4.78, 5) is 23.9. The van der Waals surface area contributed by atoms with Crippen LogP contribution in [0.2, 0.25) is 0 Å². The smallest absolute Gasteiger partial charge is 0.273 e. The molecule has 3 aromatic carbocycles. The van der Waals surface area contributed by atoms with Gasteiger partial charge in [0.25, 0.3) is 5.91 Å². The maximum Gasteiger partial charge on any atom is 0.273 e. The van der Waals surface area contributed by atoms with Gasteiger partial charge in [0.15, 0.2) is 0 Å². The quantitative estimate of drug-likeness (QED) is 0.370. The third-order valence-electron chi connectivity index (χ3n) is 5.64. The molecule has 0 atom stereocenters. The van der Waals surface area contributed by atoms with Crippen LogP contribution in [0.5, 0.6) is 0 Å². The van der Waals surface area contributed by atoms with Crippen LogP contribution in [-0.4, -0.2) is 23.4 Å². The van der Waals surface area contributed by atoms with Crippen LogP contribution in [0.15, 0.2) is 77.3 Å². The number of benzene rings is 3. The Kier molecular flexibility index (Phi) is 7.09. The van der Waals surface area contributed by atoms with E-state index in [4.69, 9.17) is 16.3 Å². The summed E-state index contributed by atoms with van der Waals surface area (Å²) in [6, 6.07) is 21.8. The normalized spacial score (nSPS) is 12.9. The van der Waals surface area contributed by atoms with Gasteiger partial charge in [-0.1, -0.05) is 61.0 Å². The Bertz CT molecular complexity index is 1250. The highest BCUT2D eigenvalue weighted by molar-refractivity contribution is 6.05. The van der Waals surface area contributed by atoms with Crippen molar-refractivity contribution in [3.63, 3.8) is 0 Å². The number of hydrogen-bond donors (Lipinski definition) is 2. The van der Waals surface area contributed by atoms with Crippen LogP contribution in [0.25, 0.3) is 17.2 Å². The molecule has 0 unspecified atom stereocenters. The van der Waals surface area contributed by atoms with Gasteiger partial charge in [0.1, 0.15) is 12.4 Å². The number of amidine groups is 1. The van der Waals surface area contributed by atoms with Crippen molar-refractivity contribution in [3.05, 3.63) is 89.0 Å². The van der Waals surface area contributed by atoms with Crippen LogP contribution in [-0.2, 0) is 16.2 Å². The van der Waals surface area contributed by atoms with Crippen molar-refractivity contribution < 1.29 is 9.63 Å². The van der Waals surface area contributed by atoms with Crippen LogP contribution in [0, 0.1) is 6.92 Å². The fourth-order valence-electron chi connectivity index (χ4n) is 3.89. The van der Waals surface area contributed by atoms with Crippen LogP contribution in [0.1, 0.15) is 36.5 Å². The standard InChI is InChI=1S/C28H30N4O2/c1-3-13-32(34-18-20-7-11-25(29)12-8-20)28(33)24-15-23-10-9-22(16-26(23)31-27(30)17-24)21-6-4-5-19(2)14-21/h4-12,14-16H,3,13,17-18,29H2,1-2H3,(H2,30,31). The summed E-state index contributed by atoms with van der Waals surface area (Å²) in [6.45, 7) is 4.83. The number of nitrogens with zero attached hydrogens (tertiary/aromatic N) is 2. The maximum absolute atomic E-state index is 13.4. The molecule has 0 spiro atoms. The fourth-order valence-corrected chi connectivity index (χ4v) is 3.89. The molecule has 4 N–H and O–H groups in total. The molecule has 6 heteroatoms. The van der Waals surface area contributed by atoms with Gasteiger partial charge in [-0.25, -0.2) is 10.1 Å². The largest absolute Gasteiger partial charge is 0.399 e. The number of carbonyl (C=O) groups excluding carboxylic acids is 1. The lowest BCUT2D eigenvalue weighted by atomic mass is 10.00. The Balaban J connectivity index is 1.58. The number of nitrogens with two attached hydrogens (primary N) is 2. The van der Waals surface area contributed by atoms with Crippen molar-refractivity contribution in [2.45, 2.75) is 33.3 Å². The lowest BCUT2D eigenvalue weighted by Crippen LogP contribution is -2.34. The van der Waals surface area contributed by atoms with E-state index in [0.29, 0.717) is 23.6 Å². The Morgan fingerprint density at radius 2 is 1.79 bits per heavy atom. The number of hydrogen-bond acceptors (Lipinski definition) is 5. The molecule has 174 valence electrons. The molecule has 0 fully saturated rings. The molecule has 1 heterocycles. The van der Waals surface area contributed by atoms with E-state index in [1.54, 1.807) is 0 Å². The highest BCUT2D eigenvalue weighted by atomic mass is 16.7. The first-order valence-electron chi connectivity index (χ1n) is 11.5. The molecule has 4 rings (SSSR count). The highest BCUT2D eigenvalue weighted by Crippen LogP contribution is 2.32.